The average molecular weight is 340 g/mol. The first-order valence-corrected chi connectivity index (χ1v) is 8.02. The number of amidine groups is 1. The number of thioether (sulfide) groups is 1. The highest BCUT2D eigenvalue weighted by atomic mass is 32.2. The Morgan fingerprint density at radius 1 is 1.36 bits per heavy atom. The van der Waals surface area contributed by atoms with Crippen molar-refractivity contribution in [3.8, 4) is 0 Å². The van der Waals surface area contributed by atoms with Gasteiger partial charge in [0.05, 0.1) is 11.4 Å². The quantitative estimate of drug-likeness (QED) is 0.321. The molecule has 0 unspecified atom stereocenters. The summed E-state index contributed by atoms with van der Waals surface area (Å²) in [4.78, 5) is 4.06. The van der Waals surface area contributed by atoms with E-state index in [4.69, 9.17) is 12.2 Å². The van der Waals surface area contributed by atoms with E-state index in [-0.39, 0.29) is 0 Å². The lowest BCUT2D eigenvalue weighted by atomic mass is 10.2. The molecule has 0 bridgehead atoms. The third kappa shape index (κ3) is 5.11. The molecular weight excluding hydrogens is 320 g/mol. The fourth-order valence-corrected chi connectivity index (χ4v) is 1.83. The second-order valence-corrected chi connectivity index (χ2v) is 5.24. The first-order valence-electron chi connectivity index (χ1n) is 6.38. The molecule has 1 rings (SSSR count). The van der Waals surface area contributed by atoms with Gasteiger partial charge in [0.15, 0.2) is 10.3 Å². The predicted octanol–water partition coefficient (Wildman–Crippen LogP) is 0.532. The summed E-state index contributed by atoms with van der Waals surface area (Å²) in [5, 5.41) is 16.7. The number of thiocarbonyl (C=S) groups is 1. The maximum Gasteiger partial charge on any atom is 0.186 e. The van der Waals surface area contributed by atoms with Gasteiger partial charge in [0.25, 0.3) is 0 Å². The Morgan fingerprint density at radius 3 is 2.59 bits per heavy atom. The molecule has 1 aromatic rings. The second-order valence-electron chi connectivity index (χ2n) is 4.03. The molecule has 0 aliphatic carbocycles. The molecule has 0 aliphatic rings. The van der Waals surface area contributed by atoms with Gasteiger partial charge in [0.2, 0.25) is 0 Å². The van der Waals surface area contributed by atoms with Crippen LogP contribution in [0.25, 0.3) is 0 Å². The van der Waals surface area contributed by atoms with Crippen LogP contribution in [-0.2, 0) is 7.05 Å². The molecule has 22 heavy (non-hydrogen) atoms. The molecular formula is C12H20N8S2. The minimum atomic E-state index is 0.417. The van der Waals surface area contributed by atoms with Crippen LogP contribution in [0, 0.1) is 0 Å². The van der Waals surface area contributed by atoms with E-state index in [0.29, 0.717) is 21.7 Å². The van der Waals surface area contributed by atoms with Gasteiger partial charge in [-0.1, -0.05) is 11.8 Å². The predicted molar refractivity (Wildman–Crippen MR) is 97.7 cm³/mol. The van der Waals surface area contributed by atoms with Crippen molar-refractivity contribution < 1.29 is 0 Å². The zero-order valence-corrected chi connectivity index (χ0v) is 14.8. The van der Waals surface area contributed by atoms with Gasteiger partial charge in [-0.25, -0.2) is 0 Å². The SMILES string of the molecule is CN=C(N/N=C(C)/C(=N/NC(=S)NC)c1ccnn1C)SC. The molecule has 0 radical (unpaired) electrons. The van der Waals surface area contributed by atoms with Crippen molar-refractivity contribution in [2.75, 3.05) is 20.4 Å². The van der Waals surface area contributed by atoms with E-state index in [1.54, 1.807) is 25.0 Å². The van der Waals surface area contributed by atoms with E-state index >= 15 is 0 Å². The molecule has 0 fully saturated rings. The molecule has 0 aromatic carbocycles. The molecule has 8 nitrogen and oxygen atoms in total. The van der Waals surface area contributed by atoms with Crippen molar-refractivity contribution >= 4 is 45.7 Å². The summed E-state index contributed by atoms with van der Waals surface area (Å²) in [5.74, 6) is 0. The van der Waals surface area contributed by atoms with Crippen LogP contribution in [0.4, 0.5) is 0 Å². The Morgan fingerprint density at radius 2 is 2.09 bits per heavy atom. The Kier molecular flexibility index (Phi) is 7.54. The van der Waals surface area contributed by atoms with Crippen molar-refractivity contribution in [3.63, 3.8) is 0 Å². The van der Waals surface area contributed by atoms with Crippen LogP contribution in [-0.4, -0.2) is 51.8 Å². The fraction of sp³-hybridized carbons (Fsp3) is 0.417. The standard InChI is InChI=1S/C12H20N8S2/c1-8(16-19-12(14-3)22-5)10(17-18-11(21)13-2)9-6-7-15-20(9)4/h6-7H,1-5H3,(H,14,19)(H2,13,18,21)/b16-8+,17-10-. The van der Waals surface area contributed by atoms with Crippen molar-refractivity contribution in [2.24, 2.45) is 22.2 Å². The van der Waals surface area contributed by atoms with Gasteiger partial charge >= 0.3 is 0 Å². The van der Waals surface area contributed by atoms with E-state index in [1.165, 1.54) is 11.8 Å². The molecule has 0 saturated carbocycles. The third-order valence-corrected chi connectivity index (χ3v) is 3.57. The number of rotatable bonds is 4. The number of aromatic nitrogens is 2. The van der Waals surface area contributed by atoms with Gasteiger partial charge in [-0.2, -0.15) is 15.3 Å². The molecule has 10 heteroatoms. The third-order valence-electron chi connectivity index (χ3n) is 2.62. The van der Waals surface area contributed by atoms with Crippen LogP contribution in [0.1, 0.15) is 12.6 Å². The van der Waals surface area contributed by atoms with Crippen LogP contribution >= 0.6 is 24.0 Å². The minimum Gasteiger partial charge on any atom is -0.364 e. The summed E-state index contributed by atoms with van der Waals surface area (Å²) in [7, 11) is 5.26. The van der Waals surface area contributed by atoms with E-state index < -0.39 is 0 Å². The highest BCUT2D eigenvalue weighted by Crippen LogP contribution is 2.02. The molecule has 0 amide bonds. The van der Waals surface area contributed by atoms with E-state index in [0.717, 1.165) is 5.69 Å². The van der Waals surface area contributed by atoms with Gasteiger partial charge < -0.3 is 5.32 Å². The Labute approximate surface area is 139 Å². The summed E-state index contributed by atoms with van der Waals surface area (Å²) >= 11 is 6.51. The van der Waals surface area contributed by atoms with Crippen LogP contribution in [0.2, 0.25) is 0 Å². The number of hydrogen-bond acceptors (Lipinski definition) is 6. The molecule has 0 atom stereocenters. The largest absolute Gasteiger partial charge is 0.364 e. The number of hydrazone groups is 2. The number of nitrogens with zero attached hydrogens (tertiary/aromatic N) is 5. The van der Waals surface area contributed by atoms with Crippen molar-refractivity contribution in [2.45, 2.75) is 6.92 Å². The molecule has 0 saturated heterocycles. The number of aliphatic imine (C=N–C) groups is 1. The molecule has 1 heterocycles. The fourth-order valence-electron chi connectivity index (χ4n) is 1.46. The first-order chi connectivity index (χ1) is 10.5. The number of nitrogens with one attached hydrogen (secondary N) is 3. The van der Waals surface area contributed by atoms with Gasteiger partial charge in [-0.15, -0.1) is 0 Å². The summed E-state index contributed by atoms with van der Waals surface area (Å²) in [6.45, 7) is 1.84. The highest BCUT2D eigenvalue weighted by molar-refractivity contribution is 8.13. The Balaban J connectivity index is 3.07. The molecule has 120 valence electrons. The Bertz CT molecular complexity index is 602. The monoisotopic (exact) mass is 340 g/mol. The normalized spacial score (nSPS) is 13.0. The zero-order valence-electron chi connectivity index (χ0n) is 13.2. The molecule has 1 aromatic heterocycles. The van der Waals surface area contributed by atoms with Crippen LogP contribution in [0.3, 0.4) is 0 Å². The van der Waals surface area contributed by atoms with Gasteiger partial charge in [0.1, 0.15) is 5.71 Å². The highest BCUT2D eigenvalue weighted by Gasteiger charge is 2.12. The maximum atomic E-state index is 5.04. The summed E-state index contributed by atoms with van der Waals surface area (Å²) in [5.41, 5.74) is 7.78. The van der Waals surface area contributed by atoms with E-state index in [2.05, 4.69) is 36.5 Å². The number of hydrogen-bond donors (Lipinski definition) is 3. The smallest absolute Gasteiger partial charge is 0.186 e. The van der Waals surface area contributed by atoms with E-state index in [9.17, 15) is 0 Å². The number of aryl methyl sites for hydroxylation is 1. The molecule has 0 aliphatic heterocycles. The first kappa shape index (κ1) is 18.1. The van der Waals surface area contributed by atoms with Gasteiger partial charge in [0, 0.05) is 27.3 Å². The topological polar surface area (TPSA) is 91.0 Å². The van der Waals surface area contributed by atoms with Crippen molar-refractivity contribution in [1.82, 2.24) is 25.9 Å². The zero-order chi connectivity index (χ0) is 16.5. The van der Waals surface area contributed by atoms with Crippen LogP contribution in [0.5, 0.6) is 0 Å². The lowest BCUT2D eigenvalue weighted by molar-refractivity contribution is 0.759. The molecule has 0 spiro atoms. The molecule has 3 N–H and O–H groups in total. The van der Waals surface area contributed by atoms with E-state index in [1.807, 2.05) is 26.3 Å². The summed E-state index contributed by atoms with van der Waals surface area (Å²) in [6, 6.07) is 1.85. The lowest BCUT2D eigenvalue weighted by Gasteiger charge is -2.09. The van der Waals surface area contributed by atoms with Crippen LogP contribution in [0.15, 0.2) is 27.5 Å². The van der Waals surface area contributed by atoms with Gasteiger partial charge in [-0.3, -0.25) is 20.5 Å². The Hall–Kier alpha value is -1.94. The minimum absolute atomic E-state index is 0.417. The van der Waals surface area contributed by atoms with Crippen molar-refractivity contribution in [3.05, 3.63) is 18.0 Å². The summed E-state index contributed by atoms with van der Waals surface area (Å²) in [6.07, 6.45) is 3.62. The van der Waals surface area contributed by atoms with Crippen molar-refractivity contribution in [1.29, 1.82) is 0 Å². The summed E-state index contributed by atoms with van der Waals surface area (Å²) < 4.78 is 1.71. The van der Waals surface area contributed by atoms with Gasteiger partial charge in [-0.05, 0) is 31.5 Å². The lowest BCUT2D eigenvalue weighted by Crippen LogP contribution is -2.31. The maximum absolute atomic E-state index is 5.04. The average Bonchev–Trinajstić information content (AvgIpc) is 2.94. The second kappa shape index (κ2) is 9.15. The van der Waals surface area contributed by atoms with Crippen LogP contribution < -0.4 is 16.2 Å².